The van der Waals surface area contributed by atoms with Crippen LogP contribution in [-0.4, -0.2) is 25.0 Å². The lowest BCUT2D eigenvalue weighted by atomic mass is 9.96. The van der Waals surface area contributed by atoms with Gasteiger partial charge >= 0.3 is 0 Å². The molecule has 116 valence electrons. The number of hydrogen-bond donors (Lipinski definition) is 2. The molecule has 2 N–H and O–H groups in total. The summed E-state index contributed by atoms with van der Waals surface area (Å²) in [6.07, 6.45) is 5.64. The Morgan fingerprint density at radius 1 is 1.24 bits per heavy atom. The third kappa shape index (κ3) is 4.72. The third-order valence-corrected chi connectivity index (χ3v) is 4.48. The second-order valence-electron chi connectivity index (χ2n) is 6.19. The summed E-state index contributed by atoms with van der Waals surface area (Å²) in [5, 5.41) is 6.64. The Balaban J connectivity index is 0.00000161. The number of piperidine rings is 1. The normalized spacial score (nSPS) is 23.0. The van der Waals surface area contributed by atoms with Gasteiger partial charge in [0.2, 0.25) is 5.91 Å². The van der Waals surface area contributed by atoms with Crippen molar-refractivity contribution in [3.8, 4) is 0 Å². The molecule has 3 rings (SSSR count). The van der Waals surface area contributed by atoms with Gasteiger partial charge in [0.25, 0.3) is 0 Å². The second kappa shape index (κ2) is 7.81. The van der Waals surface area contributed by atoms with Gasteiger partial charge in [0.15, 0.2) is 0 Å². The first kappa shape index (κ1) is 16.3. The molecule has 1 aromatic carbocycles. The van der Waals surface area contributed by atoms with Crippen molar-refractivity contribution in [2.75, 3.05) is 13.1 Å². The average Bonchev–Trinajstić information content (AvgIpc) is 3.33. The van der Waals surface area contributed by atoms with Crippen LogP contribution in [0.5, 0.6) is 0 Å². The van der Waals surface area contributed by atoms with Crippen LogP contribution in [0.3, 0.4) is 0 Å². The highest BCUT2D eigenvalue weighted by atomic mass is 35.5. The lowest BCUT2D eigenvalue weighted by Gasteiger charge is -2.25. The van der Waals surface area contributed by atoms with E-state index < -0.39 is 0 Å². The van der Waals surface area contributed by atoms with Crippen LogP contribution in [0.2, 0.25) is 0 Å². The van der Waals surface area contributed by atoms with Gasteiger partial charge in [-0.1, -0.05) is 30.3 Å². The Morgan fingerprint density at radius 3 is 2.62 bits per heavy atom. The molecule has 0 radical (unpaired) electrons. The molecule has 2 atom stereocenters. The van der Waals surface area contributed by atoms with Crippen LogP contribution in [0, 0.1) is 11.8 Å². The van der Waals surface area contributed by atoms with E-state index in [1.165, 1.54) is 18.4 Å². The van der Waals surface area contributed by atoms with Crippen molar-refractivity contribution < 1.29 is 4.79 Å². The van der Waals surface area contributed by atoms with Crippen molar-refractivity contribution in [2.45, 2.75) is 38.1 Å². The Kier molecular flexibility index (Phi) is 6.07. The van der Waals surface area contributed by atoms with Crippen molar-refractivity contribution in [1.82, 2.24) is 10.6 Å². The summed E-state index contributed by atoms with van der Waals surface area (Å²) < 4.78 is 0. The van der Waals surface area contributed by atoms with E-state index in [-0.39, 0.29) is 24.2 Å². The zero-order valence-corrected chi connectivity index (χ0v) is 13.2. The summed E-state index contributed by atoms with van der Waals surface area (Å²) in [5.41, 5.74) is 1.33. The van der Waals surface area contributed by atoms with Gasteiger partial charge in [-0.2, -0.15) is 0 Å². The molecular formula is C17H25ClN2O. The molecule has 3 nitrogen and oxygen atoms in total. The van der Waals surface area contributed by atoms with E-state index in [9.17, 15) is 4.79 Å². The van der Waals surface area contributed by atoms with Gasteiger partial charge in [-0.05, 0) is 50.1 Å². The molecule has 1 aliphatic carbocycles. The summed E-state index contributed by atoms with van der Waals surface area (Å²) in [4.78, 5) is 12.4. The van der Waals surface area contributed by atoms with Crippen LogP contribution in [0.1, 0.15) is 31.2 Å². The van der Waals surface area contributed by atoms with Crippen LogP contribution in [0.25, 0.3) is 0 Å². The minimum Gasteiger partial charge on any atom is -0.352 e. The summed E-state index contributed by atoms with van der Waals surface area (Å²) in [5.74, 6) is 1.11. The van der Waals surface area contributed by atoms with Gasteiger partial charge in [-0.25, -0.2) is 0 Å². The van der Waals surface area contributed by atoms with Crippen molar-refractivity contribution in [2.24, 2.45) is 11.8 Å². The van der Waals surface area contributed by atoms with Crippen molar-refractivity contribution in [3.05, 3.63) is 35.9 Å². The zero-order chi connectivity index (χ0) is 13.8. The van der Waals surface area contributed by atoms with Gasteiger partial charge in [-0.3, -0.25) is 4.79 Å². The SMILES string of the molecule is Cl.O=C(NC(Cc1ccccc1)C1CC1)C1CCCNC1. The number of nitrogens with one attached hydrogen (secondary N) is 2. The molecule has 1 saturated carbocycles. The number of carbonyl (C=O) groups excluding carboxylic acids is 1. The molecule has 0 spiro atoms. The monoisotopic (exact) mass is 308 g/mol. The number of amides is 1. The number of hydrogen-bond acceptors (Lipinski definition) is 2. The molecule has 21 heavy (non-hydrogen) atoms. The quantitative estimate of drug-likeness (QED) is 0.877. The minimum absolute atomic E-state index is 0. The molecule has 0 aromatic heterocycles. The maximum Gasteiger partial charge on any atom is 0.224 e. The van der Waals surface area contributed by atoms with Crippen LogP contribution < -0.4 is 10.6 Å². The summed E-state index contributed by atoms with van der Waals surface area (Å²) in [6, 6.07) is 10.8. The Hall–Kier alpha value is -1.06. The Bertz CT molecular complexity index is 441. The van der Waals surface area contributed by atoms with E-state index in [1.54, 1.807) is 0 Å². The zero-order valence-electron chi connectivity index (χ0n) is 12.4. The molecule has 1 heterocycles. The fourth-order valence-corrected chi connectivity index (χ4v) is 3.08. The number of rotatable bonds is 5. The van der Waals surface area contributed by atoms with E-state index in [4.69, 9.17) is 0 Å². The van der Waals surface area contributed by atoms with E-state index in [0.29, 0.717) is 12.0 Å². The van der Waals surface area contributed by atoms with Gasteiger partial charge < -0.3 is 10.6 Å². The molecule has 4 heteroatoms. The molecular weight excluding hydrogens is 284 g/mol. The highest BCUT2D eigenvalue weighted by molar-refractivity contribution is 5.85. The fourth-order valence-electron chi connectivity index (χ4n) is 3.08. The van der Waals surface area contributed by atoms with E-state index in [0.717, 1.165) is 32.4 Å². The van der Waals surface area contributed by atoms with Gasteiger partial charge in [0.1, 0.15) is 0 Å². The number of benzene rings is 1. The summed E-state index contributed by atoms with van der Waals surface area (Å²) in [6.45, 7) is 1.90. The fraction of sp³-hybridized carbons (Fsp3) is 0.588. The number of halogens is 1. The predicted octanol–water partition coefficient (Wildman–Crippen LogP) is 2.55. The Morgan fingerprint density at radius 2 is 2.00 bits per heavy atom. The van der Waals surface area contributed by atoms with E-state index >= 15 is 0 Å². The lowest BCUT2D eigenvalue weighted by molar-refractivity contribution is -0.126. The van der Waals surface area contributed by atoms with E-state index in [2.05, 4.69) is 34.9 Å². The standard InChI is InChI=1S/C17H24N2O.ClH/c20-17(15-7-4-10-18-12-15)19-16(14-8-9-14)11-13-5-2-1-3-6-13;/h1-3,5-6,14-16,18H,4,7-12H2,(H,19,20);1H. The lowest BCUT2D eigenvalue weighted by Crippen LogP contribution is -2.46. The molecule has 1 saturated heterocycles. The molecule has 0 bridgehead atoms. The van der Waals surface area contributed by atoms with Crippen molar-refractivity contribution in [3.63, 3.8) is 0 Å². The van der Waals surface area contributed by atoms with Gasteiger partial charge in [0.05, 0.1) is 5.92 Å². The maximum absolute atomic E-state index is 12.4. The maximum atomic E-state index is 12.4. The third-order valence-electron chi connectivity index (χ3n) is 4.48. The van der Waals surface area contributed by atoms with Crippen LogP contribution in [0.4, 0.5) is 0 Å². The smallest absolute Gasteiger partial charge is 0.224 e. The predicted molar refractivity (Wildman–Crippen MR) is 87.6 cm³/mol. The molecule has 1 aromatic rings. The van der Waals surface area contributed by atoms with Crippen LogP contribution in [0.15, 0.2) is 30.3 Å². The minimum atomic E-state index is 0. The number of carbonyl (C=O) groups is 1. The van der Waals surface area contributed by atoms with E-state index in [1.807, 2.05) is 6.07 Å². The first-order valence-electron chi connectivity index (χ1n) is 7.88. The molecule has 2 fully saturated rings. The van der Waals surface area contributed by atoms with Crippen molar-refractivity contribution in [1.29, 1.82) is 0 Å². The summed E-state index contributed by atoms with van der Waals surface area (Å²) >= 11 is 0. The molecule has 1 amide bonds. The second-order valence-corrected chi connectivity index (χ2v) is 6.19. The molecule has 2 unspecified atom stereocenters. The van der Waals surface area contributed by atoms with Crippen LogP contribution >= 0.6 is 12.4 Å². The van der Waals surface area contributed by atoms with Gasteiger partial charge in [0, 0.05) is 12.6 Å². The molecule has 1 aliphatic heterocycles. The Labute approximate surface area is 133 Å². The highest BCUT2D eigenvalue weighted by Gasteiger charge is 2.33. The first-order valence-corrected chi connectivity index (χ1v) is 7.88. The van der Waals surface area contributed by atoms with Gasteiger partial charge in [-0.15, -0.1) is 12.4 Å². The largest absolute Gasteiger partial charge is 0.352 e. The molecule has 2 aliphatic rings. The summed E-state index contributed by atoms with van der Waals surface area (Å²) in [7, 11) is 0. The topological polar surface area (TPSA) is 41.1 Å². The van der Waals surface area contributed by atoms with Crippen LogP contribution in [-0.2, 0) is 11.2 Å². The van der Waals surface area contributed by atoms with Crippen molar-refractivity contribution >= 4 is 18.3 Å². The highest BCUT2D eigenvalue weighted by Crippen LogP contribution is 2.34. The average molecular weight is 309 g/mol. The first-order chi connectivity index (χ1) is 9.83.